The van der Waals surface area contributed by atoms with Gasteiger partial charge in [-0.25, -0.2) is 0 Å². The monoisotopic (exact) mass is 303 g/mol. The molecule has 1 aromatic rings. The van der Waals surface area contributed by atoms with Gasteiger partial charge >= 0.3 is 0 Å². The Labute approximate surface area is 121 Å². The first-order valence-electron chi connectivity index (χ1n) is 6.37. The van der Waals surface area contributed by atoms with E-state index in [4.69, 9.17) is 0 Å². The van der Waals surface area contributed by atoms with Crippen LogP contribution in [-0.4, -0.2) is 23.3 Å². The van der Waals surface area contributed by atoms with Crippen LogP contribution in [0.25, 0.3) is 0 Å². The van der Waals surface area contributed by atoms with Crippen LogP contribution in [0.15, 0.2) is 29.2 Å². The van der Waals surface area contributed by atoms with Gasteiger partial charge in [0.2, 0.25) is 0 Å². The molecule has 0 saturated carbocycles. The summed E-state index contributed by atoms with van der Waals surface area (Å²) in [7, 11) is 0. The van der Waals surface area contributed by atoms with E-state index < -0.39 is 5.76 Å². The van der Waals surface area contributed by atoms with Gasteiger partial charge < -0.3 is 5.32 Å². The minimum absolute atomic E-state index is 0.202. The van der Waals surface area contributed by atoms with Crippen LogP contribution in [0.4, 0.5) is 14.5 Å². The maximum absolute atomic E-state index is 12.6. The van der Waals surface area contributed by atoms with Crippen molar-refractivity contribution in [1.82, 2.24) is 0 Å². The van der Waals surface area contributed by atoms with Gasteiger partial charge in [0, 0.05) is 22.4 Å². The first kappa shape index (κ1) is 15.0. The van der Waals surface area contributed by atoms with Crippen LogP contribution in [0, 0.1) is 5.41 Å². The van der Waals surface area contributed by atoms with E-state index in [0.717, 1.165) is 17.9 Å². The quantitative estimate of drug-likeness (QED) is 0.791. The van der Waals surface area contributed by atoms with E-state index >= 15 is 0 Å². The molecule has 1 heterocycles. The van der Waals surface area contributed by atoms with E-state index in [-0.39, 0.29) is 5.41 Å². The predicted octanol–water partition coefficient (Wildman–Crippen LogP) is 4.94. The van der Waals surface area contributed by atoms with Crippen LogP contribution < -0.4 is 5.32 Å². The van der Waals surface area contributed by atoms with Crippen molar-refractivity contribution in [2.75, 3.05) is 16.8 Å². The third-order valence-corrected chi connectivity index (χ3v) is 5.40. The van der Waals surface area contributed by atoms with Gasteiger partial charge in [-0.05, 0) is 29.7 Å². The lowest BCUT2D eigenvalue weighted by Gasteiger charge is -2.39. The third kappa shape index (κ3) is 4.02. The SMILES string of the molecule is CC1(C)CCSCC1Nc1ccccc1SC(F)F. The largest absolute Gasteiger partial charge is 0.380 e. The first-order valence-corrected chi connectivity index (χ1v) is 8.40. The zero-order valence-corrected chi connectivity index (χ0v) is 12.8. The van der Waals surface area contributed by atoms with Gasteiger partial charge in [-0.1, -0.05) is 37.7 Å². The second-order valence-corrected chi connectivity index (χ2v) is 7.57. The molecule has 0 aliphatic carbocycles. The molecule has 5 heteroatoms. The van der Waals surface area contributed by atoms with Gasteiger partial charge in [-0.2, -0.15) is 20.5 Å². The number of hydrogen-bond donors (Lipinski definition) is 1. The lowest BCUT2D eigenvalue weighted by molar-refractivity contribution is 0.252. The van der Waals surface area contributed by atoms with Gasteiger partial charge in [0.05, 0.1) is 0 Å². The Morgan fingerprint density at radius 2 is 2.11 bits per heavy atom. The van der Waals surface area contributed by atoms with Crippen LogP contribution >= 0.6 is 23.5 Å². The molecule has 1 saturated heterocycles. The molecule has 0 spiro atoms. The molecule has 1 N–H and O–H groups in total. The Balaban J connectivity index is 2.13. The molecule has 0 amide bonds. The first-order chi connectivity index (χ1) is 8.99. The van der Waals surface area contributed by atoms with Crippen molar-refractivity contribution in [3.05, 3.63) is 24.3 Å². The Hall–Kier alpha value is -0.420. The van der Waals surface area contributed by atoms with E-state index in [1.54, 1.807) is 12.1 Å². The van der Waals surface area contributed by atoms with E-state index in [2.05, 4.69) is 19.2 Å². The van der Waals surface area contributed by atoms with Crippen LogP contribution in [0.1, 0.15) is 20.3 Å². The minimum Gasteiger partial charge on any atom is -0.380 e. The van der Waals surface area contributed by atoms with Gasteiger partial charge in [0.15, 0.2) is 0 Å². The number of thioether (sulfide) groups is 2. The summed E-state index contributed by atoms with van der Waals surface area (Å²) in [5.41, 5.74) is 1.03. The summed E-state index contributed by atoms with van der Waals surface area (Å²) in [6.45, 7) is 4.49. The molecule has 0 bridgehead atoms. The number of rotatable bonds is 4. The molecule has 1 nitrogen and oxygen atoms in total. The predicted molar refractivity (Wildman–Crippen MR) is 81.4 cm³/mol. The van der Waals surface area contributed by atoms with Crippen molar-refractivity contribution in [1.29, 1.82) is 0 Å². The lowest BCUT2D eigenvalue weighted by Crippen LogP contribution is -2.41. The fourth-order valence-electron chi connectivity index (χ4n) is 2.15. The Morgan fingerprint density at radius 3 is 2.79 bits per heavy atom. The van der Waals surface area contributed by atoms with Crippen LogP contribution in [0.5, 0.6) is 0 Å². The van der Waals surface area contributed by atoms with Gasteiger partial charge in [-0.15, -0.1) is 0 Å². The summed E-state index contributed by atoms with van der Waals surface area (Å²) >= 11 is 2.54. The molecule has 1 atom stereocenters. The number of anilines is 1. The summed E-state index contributed by atoms with van der Waals surface area (Å²) in [6, 6.07) is 7.66. The van der Waals surface area contributed by atoms with Crippen molar-refractivity contribution in [2.24, 2.45) is 5.41 Å². The highest BCUT2D eigenvalue weighted by Crippen LogP contribution is 2.38. The van der Waals surface area contributed by atoms with Gasteiger partial charge in [0.1, 0.15) is 0 Å². The fourth-order valence-corrected chi connectivity index (χ4v) is 4.36. The van der Waals surface area contributed by atoms with Crippen molar-refractivity contribution in [3.8, 4) is 0 Å². The maximum Gasteiger partial charge on any atom is 0.288 e. The number of para-hydroxylation sites is 1. The average molecular weight is 303 g/mol. The number of halogens is 2. The van der Waals surface area contributed by atoms with E-state index in [0.29, 0.717) is 22.7 Å². The molecular formula is C14H19F2NS2. The Bertz CT molecular complexity index is 424. The van der Waals surface area contributed by atoms with Crippen molar-refractivity contribution >= 4 is 29.2 Å². The van der Waals surface area contributed by atoms with Crippen molar-refractivity contribution in [3.63, 3.8) is 0 Å². The fraction of sp³-hybridized carbons (Fsp3) is 0.571. The minimum atomic E-state index is -2.38. The van der Waals surface area contributed by atoms with E-state index in [9.17, 15) is 8.78 Å². The van der Waals surface area contributed by atoms with Crippen molar-refractivity contribution < 1.29 is 8.78 Å². The number of nitrogens with one attached hydrogen (secondary N) is 1. The number of hydrogen-bond acceptors (Lipinski definition) is 3. The van der Waals surface area contributed by atoms with Crippen LogP contribution in [0.2, 0.25) is 0 Å². The summed E-state index contributed by atoms with van der Waals surface area (Å²) in [5.74, 6) is -0.170. The Morgan fingerprint density at radius 1 is 1.37 bits per heavy atom. The van der Waals surface area contributed by atoms with Gasteiger partial charge in [0.25, 0.3) is 5.76 Å². The number of alkyl halides is 2. The molecule has 1 aliphatic rings. The summed E-state index contributed by atoms with van der Waals surface area (Å²) < 4.78 is 25.1. The summed E-state index contributed by atoms with van der Waals surface area (Å²) in [5, 5.41) is 3.47. The molecule has 2 rings (SSSR count). The molecular weight excluding hydrogens is 284 g/mol. The second-order valence-electron chi connectivity index (χ2n) is 5.39. The highest BCUT2D eigenvalue weighted by atomic mass is 32.2. The maximum atomic E-state index is 12.6. The summed E-state index contributed by atoms with van der Waals surface area (Å²) in [6.07, 6.45) is 1.15. The second kappa shape index (κ2) is 6.35. The molecule has 106 valence electrons. The van der Waals surface area contributed by atoms with Gasteiger partial charge in [-0.3, -0.25) is 0 Å². The van der Waals surface area contributed by atoms with Crippen molar-refractivity contribution in [2.45, 2.75) is 37.0 Å². The molecule has 1 aromatic carbocycles. The average Bonchev–Trinajstić information content (AvgIpc) is 2.33. The molecule has 0 aromatic heterocycles. The topological polar surface area (TPSA) is 12.0 Å². The third-order valence-electron chi connectivity index (χ3n) is 3.55. The molecule has 1 aliphatic heterocycles. The summed E-state index contributed by atoms with van der Waals surface area (Å²) in [4.78, 5) is 0.629. The zero-order chi connectivity index (χ0) is 13.9. The highest BCUT2D eigenvalue weighted by molar-refractivity contribution is 7.99. The standard InChI is InChI=1S/C14H19F2NS2/c1-14(2)7-8-18-9-12(14)17-10-5-3-4-6-11(10)19-13(15)16/h3-6,12-13,17H,7-9H2,1-2H3. The molecule has 19 heavy (non-hydrogen) atoms. The highest BCUT2D eigenvalue weighted by Gasteiger charge is 2.32. The molecule has 1 fully saturated rings. The van der Waals surface area contributed by atoms with E-state index in [1.165, 1.54) is 5.75 Å². The zero-order valence-electron chi connectivity index (χ0n) is 11.2. The van der Waals surface area contributed by atoms with E-state index in [1.807, 2.05) is 23.9 Å². The molecule has 0 radical (unpaired) electrons. The Kier molecular flexibility index (Phi) is 5.01. The van der Waals surface area contributed by atoms with Crippen LogP contribution in [-0.2, 0) is 0 Å². The molecule has 1 unspecified atom stereocenters. The number of benzene rings is 1. The lowest BCUT2D eigenvalue weighted by atomic mass is 9.82. The normalized spacial score (nSPS) is 22.5. The van der Waals surface area contributed by atoms with Crippen LogP contribution in [0.3, 0.4) is 0 Å². The smallest absolute Gasteiger partial charge is 0.288 e.